The molecule has 0 aliphatic carbocycles. The molecule has 3 aliphatic rings. The number of ether oxygens (including phenoxy) is 1. The Hall–Kier alpha value is -1.08. The van der Waals surface area contributed by atoms with Gasteiger partial charge in [-0.2, -0.15) is 0 Å². The minimum absolute atomic E-state index is 0. The van der Waals surface area contributed by atoms with Gasteiger partial charge in [-0.15, -0.1) is 24.8 Å². The number of hydrogen-bond donors (Lipinski definition) is 2. The number of carbonyl (C=O) groups is 1. The van der Waals surface area contributed by atoms with Crippen molar-refractivity contribution in [2.45, 2.75) is 44.2 Å². The minimum atomic E-state index is -0.320. The zero-order chi connectivity index (χ0) is 17.2. The number of piperidine rings is 1. The van der Waals surface area contributed by atoms with E-state index in [9.17, 15) is 9.18 Å². The number of fused-ring (bicyclic) bond motifs is 2. The molecule has 3 heterocycles. The lowest BCUT2D eigenvalue weighted by atomic mass is 9.89. The quantitative estimate of drug-likeness (QED) is 0.785. The molecular formula is C19H28Cl2FN3O2. The Balaban J connectivity index is 0.00000131. The molecule has 2 bridgehead atoms. The summed E-state index contributed by atoms with van der Waals surface area (Å²) in [4.78, 5) is 14.5. The number of hydrogen-bond acceptors (Lipinski definition) is 4. The summed E-state index contributed by atoms with van der Waals surface area (Å²) in [5, 5.41) is 6.50. The van der Waals surface area contributed by atoms with Crippen molar-refractivity contribution in [1.82, 2.24) is 5.32 Å². The van der Waals surface area contributed by atoms with Crippen molar-refractivity contribution >= 4 is 42.1 Å². The zero-order valence-electron chi connectivity index (χ0n) is 15.3. The second-order valence-electron chi connectivity index (χ2n) is 7.53. The molecule has 3 aliphatic heterocycles. The molecule has 2 unspecified atom stereocenters. The van der Waals surface area contributed by atoms with Gasteiger partial charge >= 0.3 is 0 Å². The number of rotatable bonds is 4. The predicted octanol–water partition coefficient (Wildman–Crippen LogP) is 3.37. The molecular weight excluding hydrogens is 392 g/mol. The van der Waals surface area contributed by atoms with Crippen LogP contribution in [0.4, 0.5) is 15.8 Å². The van der Waals surface area contributed by atoms with Crippen molar-refractivity contribution < 1.29 is 13.9 Å². The summed E-state index contributed by atoms with van der Waals surface area (Å²) in [6.07, 6.45) is 5.14. The smallest absolute Gasteiger partial charge is 0.224 e. The van der Waals surface area contributed by atoms with Gasteiger partial charge < -0.3 is 20.3 Å². The van der Waals surface area contributed by atoms with Gasteiger partial charge in [-0.25, -0.2) is 4.39 Å². The first-order chi connectivity index (χ1) is 12.2. The number of morpholine rings is 1. The fourth-order valence-electron chi connectivity index (χ4n) is 4.47. The van der Waals surface area contributed by atoms with Gasteiger partial charge in [0.15, 0.2) is 0 Å². The van der Waals surface area contributed by atoms with Crippen LogP contribution in [0.15, 0.2) is 18.2 Å². The Morgan fingerprint density at radius 3 is 2.48 bits per heavy atom. The molecule has 5 nitrogen and oxygen atoms in total. The second kappa shape index (κ2) is 9.92. The van der Waals surface area contributed by atoms with Crippen molar-refractivity contribution in [3.8, 4) is 0 Å². The highest BCUT2D eigenvalue weighted by Gasteiger charge is 2.34. The van der Waals surface area contributed by atoms with E-state index in [1.165, 1.54) is 25.0 Å². The first-order valence-corrected chi connectivity index (χ1v) is 9.35. The molecule has 27 heavy (non-hydrogen) atoms. The topological polar surface area (TPSA) is 53.6 Å². The summed E-state index contributed by atoms with van der Waals surface area (Å²) in [5.41, 5.74) is 1.35. The van der Waals surface area contributed by atoms with Crippen LogP contribution in [0, 0.1) is 11.7 Å². The highest BCUT2D eigenvalue weighted by Crippen LogP contribution is 2.33. The molecule has 0 aromatic heterocycles. The fraction of sp³-hybridized carbons (Fsp3) is 0.632. The first-order valence-electron chi connectivity index (χ1n) is 9.35. The monoisotopic (exact) mass is 419 g/mol. The van der Waals surface area contributed by atoms with Crippen LogP contribution >= 0.6 is 24.8 Å². The molecule has 4 rings (SSSR count). The van der Waals surface area contributed by atoms with E-state index in [1.807, 2.05) is 6.07 Å². The highest BCUT2D eigenvalue weighted by atomic mass is 35.5. The van der Waals surface area contributed by atoms with Gasteiger partial charge in [0, 0.05) is 43.0 Å². The Morgan fingerprint density at radius 1 is 1.15 bits per heavy atom. The van der Waals surface area contributed by atoms with E-state index >= 15 is 0 Å². The van der Waals surface area contributed by atoms with Crippen LogP contribution < -0.4 is 15.5 Å². The lowest BCUT2D eigenvalue weighted by Gasteiger charge is -2.29. The van der Waals surface area contributed by atoms with Gasteiger partial charge in [-0.3, -0.25) is 4.79 Å². The maximum atomic E-state index is 14.0. The third kappa shape index (κ3) is 5.70. The number of nitrogens with one attached hydrogen (secondary N) is 2. The summed E-state index contributed by atoms with van der Waals surface area (Å²) >= 11 is 0. The van der Waals surface area contributed by atoms with E-state index in [0.717, 1.165) is 31.6 Å². The molecule has 1 aromatic carbocycles. The number of benzene rings is 1. The number of amides is 1. The lowest BCUT2D eigenvalue weighted by molar-refractivity contribution is -0.117. The van der Waals surface area contributed by atoms with Crippen LogP contribution in [0.5, 0.6) is 0 Å². The van der Waals surface area contributed by atoms with Gasteiger partial charge in [-0.05, 0) is 49.8 Å². The first kappa shape index (κ1) is 22.2. The van der Waals surface area contributed by atoms with Gasteiger partial charge in [0.25, 0.3) is 0 Å². The predicted molar refractivity (Wildman–Crippen MR) is 110 cm³/mol. The minimum Gasteiger partial charge on any atom is -0.378 e. The van der Waals surface area contributed by atoms with Crippen LogP contribution in [0.1, 0.15) is 32.1 Å². The maximum Gasteiger partial charge on any atom is 0.224 e. The molecule has 0 saturated carbocycles. The summed E-state index contributed by atoms with van der Waals surface area (Å²) in [6, 6.07) is 5.94. The van der Waals surface area contributed by atoms with Crippen LogP contribution in [-0.2, 0) is 9.53 Å². The van der Waals surface area contributed by atoms with Gasteiger partial charge in [0.2, 0.25) is 5.91 Å². The van der Waals surface area contributed by atoms with Gasteiger partial charge in [0.1, 0.15) is 5.82 Å². The highest BCUT2D eigenvalue weighted by molar-refractivity contribution is 5.91. The largest absolute Gasteiger partial charge is 0.378 e. The SMILES string of the molecule is Cl.Cl.O=C(CC1CC2CCC(C1)N2)Nc1cc(F)cc(N2CCOCC2)c1. The normalized spacial score (nSPS) is 26.7. The van der Waals surface area contributed by atoms with Crippen molar-refractivity contribution in [3.63, 3.8) is 0 Å². The third-order valence-corrected chi connectivity index (χ3v) is 5.59. The van der Waals surface area contributed by atoms with Crippen LogP contribution in [0.3, 0.4) is 0 Å². The molecule has 2 N–H and O–H groups in total. The Bertz CT molecular complexity index is 631. The second-order valence-corrected chi connectivity index (χ2v) is 7.53. The van der Waals surface area contributed by atoms with Gasteiger partial charge in [-0.1, -0.05) is 0 Å². The summed E-state index contributed by atoms with van der Waals surface area (Å²) in [7, 11) is 0. The molecule has 3 fully saturated rings. The fourth-order valence-corrected chi connectivity index (χ4v) is 4.47. The Morgan fingerprint density at radius 2 is 1.81 bits per heavy atom. The van der Waals surface area contributed by atoms with Gasteiger partial charge in [0.05, 0.1) is 13.2 Å². The van der Waals surface area contributed by atoms with E-state index in [4.69, 9.17) is 4.74 Å². The molecule has 0 radical (unpaired) electrons. The Labute approximate surface area is 172 Å². The number of halogens is 3. The van der Waals surface area contributed by atoms with E-state index in [-0.39, 0.29) is 36.5 Å². The van der Waals surface area contributed by atoms with E-state index < -0.39 is 0 Å². The van der Waals surface area contributed by atoms with E-state index in [1.54, 1.807) is 0 Å². The van der Waals surface area contributed by atoms with Crippen LogP contribution in [0.25, 0.3) is 0 Å². The zero-order valence-corrected chi connectivity index (χ0v) is 16.9. The summed E-state index contributed by atoms with van der Waals surface area (Å²) in [6.45, 7) is 2.79. The third-order valence-electron chi connectivity index (χ3n) is 5.59. The average Bonchev–Trinajstić information content (AvgIpc) is 2.93. The van der Waals surface area contributed by atoms with Crippen molar-refractivity contribution in [1.29, 1.82) is 0 Å². The molecule has 8 heteroatoms. The average molecular weight is 420 g/mol. The Kier molecular flexibility index (Phi) is 8.16. The van der Waals surface area contributed by atoms with Crippen LogP contribution in [-0.4, -0.2) is 44.3 Å². The lowest BCUT2D eigenvalue weighted by Crippen LogP contribution is -2.39. The van der Waals surface area contributed by atoms with E-state index in [2.05, 4.69) is 15.5 Å². The molecule has 0 spiro atoms. The molecule has 2 atom stereocenters. The number of anilines is 2. The number of nitrogens with zero attached hydrogens (tertiary/aromatic N) is 1. The van der Waals surface area contributed by atoms with Crippen molar-refractivity contribution in [3.05, 3.63) is 24.0 Å². The van der Waals surface area contributed by atoms with Crippen molar-refractivity contribution in [2.75, 3.05) is 36.5 Å². The van der Waals surface area contributed by atoms with Crippen LogP contribution in [0.2, 0.25) is 0 Å². The molecule has 1 amide bonds. The summed E-state index contributed by atoms with van der Waals surface area (Å²) < 4.78 is 19.3. The van der Waals surface area contributed by atoms with E-state index in [0.29, 0.717) is 43.3 Å². The molecule has 152 valence electrons. The number of carbonyl (C=O) groups excluding carboxylic acids is 1. The molecule has 1 aromatic rings. The standard InChI is InChI=1S/C19H26FN3O2.2ClH/c20-14-10-17(12-18(11-14)23-3-5-25-6-4-23)22-19(24)9-13-7-15-1-2-16(8-13)21-15;;/h10-13,15-16,21H,1-9H2,(H,22,24);2*1H. The maximum absolute atomic E-state index is 14.0. The molecule has 3 saturated heterocycles. The van der Waals surface area contributed by atoms with Crippen molar-refractivity contribution in [2.24, 2.45) is 5.92 Å². The summed E-state index contributed by atoms with van der Waals surface area (Å²) in [5.74, 6) is 0.107.